The first-order chi connectivity index (χ1) is 13.0. The fourth-order valence-electron chi connectivity index (χ4n) is 3.22. The SMILES string of the molecule is CCC(C)NC(=O)c1ccnc(N2CCc3cc(OC)c(OC)cc3C2)c1. The standard InChI is InChI=1S/C21H27N3O3/c1-5-14(2)23-21(25)16-6-8-22-20(12-16)24-9-7-15-10-18(26-3)19(27-4)11-17(15)13-24/h6,8,10-12,14H,5,7,9,13H2,1-4H3,(H,23,25). The number of pyridine rings is 1. The number of nitrogens with one attached hydrogen (secondary N) is 1. The molecule has 1 unspecified atom stereocenters. The van der Waals surface area contributed by atoms with E-state index >= 15 is 0 Å². The van der Waals surface area contributed by atoms with Gasteiger partial charge in [0.05, 0.1) is 14.2 Å². The summed E-state index contributed by atoms with van der Waals surface area (Å²) in [5, 5.41) is 3.00. The van der Waals surface area contributed by atoms with E-state index in [1.807, 2.05) is 19.1 Å². The maximum atomic E-state index is 12.4. The highest BCUT2D eigenvalue weighted by Gasteiger charge is 2.21. The smallest absolute Gasteiger partial charge is 0.251 e. The molecule has 0 aliphatic carbocycles. The number of hydrogen-bond donors (Lipinski definition) is 1. The topological polar surface area (TPSA) is 63.7 Å². The van der Waals surface area contributed by atoms with Gasteiger partial charge in [0.2, 0.25) is 0 Å². The number of amides is 1. The van der Waals surface area contributed by atoms with Gasteiger partial charge in [-0.2, -0.15) is 0 Å². The quantitative estimate of drug-likeness (QED) is 0.847. The Morgan fingerprint density at radius 2 is 1.93 bits per heavy atom. The van der Waals surface area contributed by atoms with Crippen molar-refractivity contribution in [2.75, 3.05) is 25.7 Å². The highest BCUT2D eigenvalue weighted by Crippen LogP contribution is 2.34. The number of carbonyl (C=O) groups is 1. The molecule has 27 heavy (non-hydrogen) atoms. The third-order valence-electron chi connectivity index (χ3n) is 5.04. The number of benzene rings is 1. The predicted molar refractivity (Wildman–Crippen MR) is 106 cm³/mol. The van der Waals surface area contributed by atoms with E-state index in [-0.39, 0.29) is 11.9 Å². The molecule has 1 N–H and O–H groups in total. The maximum Gasteiger partial charge on any atom is 0.251 e. The number of ether oxygens (including phenoxy) is 2. The summed E-state index contributed by atoms with van der Waals surface area (Å²) in [5.41, 5.74) is 3.09. The van der Waals surface area contributed by atoms with E-state index in [2.05, 4.69) is 28.2 Å². The third kappa shape index (κ3) is 4.15. The van der Waals surface area contributed by atoms with Crippen LogP contribution >= 0.6 is 0 Å². The minimum atomic E-state index is -0.0585. The Morgan fingerprint density at radius 3 is 2.59 bits per heavy atom. The Labute approximate surface area is 160 Å². The molecule has 6 heteroatoms. The fourth-order valence-corrected chi connectivity index (χ4v) is 3.22. The van der Waals surface area contributed by atoms with E-state index in [0.29, 0.717) is 5.56 Å². The molecule has 0 saturated heterocycles. The number of hydrogen-bond acceptors (Lipinski definition) is 5. The molecule has 144 valence electrons. The maximum absolute atomic E-state index is 12.4. The van der Waals surface area contributed by atoms with Crippen molar-refractivity contribution in [3.05, 3.63) is 47.2 Å². The summed E-state index contributed by atoms with van der Waals surface area (Å²) in [7, 11) is 3.30. The van der Waals surface area contributed by atoms with Gasteiger partial charge in [0.1, 0.15) is 5.82 Å². The summed E-state index contributed by atoms with van der Waals surface area (Å²) in [4.78, 5) is 19.1. The molecule has 1 aromatic carbocycles. The van der Waals surface area contributed by atoms with E-state index in [1.165, 1.54) is 11.1 Å². The van der Waals surface area contributed by atoms with Crippen LogP contribution in [0.3, 0.4) is 0 Å². The summed E-state index contributed by atoms with van der Waals surface area (Å²) >= 11 is 0. The Morgan fingerprint density at radius 1 is 1.22 bits per heavy atom. The first-order valence-corrected chi connectivity index (χ1v) is 9.31. The van der Waals surface area contributed by atoms with Gasteiger partial charge in [-0.1, -0.05) is 6.92 Å². The molecule has 0 saturated carbocycles. The lowest BCUT2D eigenvalue weighted by molar-refractivity contribution is 0.0939. The van der Waals surface area contributed by atoms with Crippen LogP contribution in [0.1, 0.15) is 41.8 Å². The number of anilines is 1. The normalized spacial score (nSPS) is 14.3. The Bertz CT molecular complexity index is 822. The van der Waals surface area contributed by atoms with E-state index in [9.17, 15) is 4.79 Å². The van der Waals surface area contributed by atoms with Crippen molar-refractivity contribution in [1.82, 2.24) is 10.3 Å². The second-order valence-corrected chi connectivity index (χ2v) is 6.83. The van der Waals surface area contributed by atoms with Gasteiger partial charge in [-0.05, 0) is 55.2 Å². The number of fused-ring (bicyclic) bond motifs is 1. The average Bonchev–Trinajstić information content (AvgIpc) is 2.72. The fraction of sp³-hybridized carbons (Fsp3) is 0.429. The summed E-state index contributed by atoms with van der Waals surface area (Å²) in [6.45, 7) is 5.62. The lowest BCUT2D eigenvalue weighted by Gasteiger charge is -2.30. The molecular weight excluding hydrogens is 342 g/mol. The summed E-state index contributed by atoms with van der Waals surface area (Å²) in [6.07, 6.45) is 3.49. The summed E-state index contributed by atoms with van der Waals surface area (Å²) in [6, 6.07) is 7.85. The molecule has 1 aliphatic heterocycles. The first-order valence-electron chi connectivity index (χ1n) is 9.31. The molecule has 2 aromatic rings. The molecule has 2 heterocycles. The van der Waals surface area contributed by atoms with Gasteiger partial charge in [0, 0.05) is 30.9 Å². The highest BCUT2D eigenvalue weighted by molar-refractivity contribution is 5.95. The number of carbonyl (C=O) groups excluding carboxylic acids is 1. The van der Waals surface area contributed by atoms with Gasteiger partial charge in [-0.15, -0.1) is 0 Å². The average molecular weight is 369 g/mol. The van der Waals surface area contributed by atoms with Crippen LogP contribution < -0.4 is 19.7 Å². The number of rotatable bonds is 6. The van der Waals surface area contributed by atoms with E-state index < -0.39 is 0 Å². The van der Waals surface area contributed by atoms with Crippen LogP contribution in [-0.4, -0.2) is 37.7 Å². The summed E-state index contributed by atoms with van der Waals surface area (Å²) in [5.74, 6) is 2.24. The molecule has 1 atom stereocenters. The van der Waals surface area contributed by atoms with E-state index in [1.54, 1.807) is 26.5 Å². The second-order valence-electron chi connectivity index (χ2n) is 6.83. The molecule has 1 amide bonds. The van der Waals surface area contributed by atoms with Crippen LogP contribution in [0.2, 0.25) is 0 Å². The predicted octanol–water partition coefficient (Wildman–Crippen LogP) is 3.19. The molecule has 0 fully saturated rings. The lowest BCUT2D eigenvalue weighted by atomic mass is 9.98. The monoisotopic (exact) mass is 369 g/mol. The number of methoxy groups -OCH3 is 2. The molecule has 1 aromatic heterocycles. The second kappa shape index (κ2) is 8.29. The van der Waals surface area contributed by atoms with Crippen molar-refractivity contribution in [1.29, 1.82) is 0 Å². The van der Waals surface area contributed by atoms with Crippen LogP contribution in [0.25, 0.3) is 0 Å². The Balaban J connectivity index is 1.81. The first kappa shape index (κ1) is 19.0. The summed E-state index contributed by atoms with van der Waals surface area (Å²) < 4.78 is 10.8. The van der Waals surface area contributed by atoms with Crippen molar-refractivity contribution in [3.63, 3.8) is 0 Å². The van der Waals surface area contributed by atoms with Crippen LogP contribution in [0.15, 0.2) is 30.5 Å². The Hall–Kier alpha value is -2.76. The number of aromatic nitrogens is 1. The van der Waals surface area contributed by atoms with Gasteiger partial charge in [-0.25, -0.2) is 4.98 Å². The van der Waals surface area contributed by atoms with Crippen molar-refractivity contribution < 1.29 is 14.3 Å². The van der Waals surface area contributed by atoms with Gasteiger partial charge >= 0.3 is 0 Å². The zero-order chi connectivity index (χ0) is 19.4. The zero-order valence-corrected chi connectivity index (χ0v) is 16.4. The third-order valence-corrected chi connectivity index (χ3v) is 5.04. The van der Waals surface area contributed by atoms with Crippen LogP contribution in [0.4, 0.5) is 5.82 Å². The number of nitrogens with zero attached hydrogens (tertiary/aromatic N) is 2. The van der Waals surface area contributed by atoms with Crippen molar-refractivity contribution in [3.8, 4) is 11.5 Å². The van der Waals surface area contributed by atoms with Crippen LogP contribution in [0, 0.1) is 0 Å². The molecule has 6 nitrogen and oxygen atoms in total. The molecule has 1 aliphatic rings. The lowest BCUT2D eigenvalue weighted by Crippen LogP contribution is -2.33. The van der Waals surface area contributed by atoms with Gasteiger partial charge in [0.25, 0.3) is 5.91 Å². The molecule has 0 spiro atoms. The van der Waals surface area contributed by atoms with Crippen LogP contribution in [0.5, 0.6) is 11.5 Å². The van der Waals surface area contributed by atoms with E-state index in [0.717, 1.165) is 43.2 Å². The zero-order valence-electron chi connectivity index (χ0n) is 16.4. The largest absolute Gasteiger partial charge is 0.493 e. The van der Waals surface area contributed by atoms with Crippen molar-refractivity contribution in [2.24, 2.45) is 0 Å². The van der Waals surface area contributed by atoms with Crippen molar-refractivity contribution in [2.45, 2.75) is 39.3 Å². The minimum absolute atomic E-state index is 0.0585. The molecule has 0 bridgehead atoms. The minimum Gasteiger partial charge on any atom is -0.493 e. The molecule has 3 rings (SSSR count). The Kier molecular flexibility index (Phi) is 5.84. The molecule has 0 radical (unpaired) electrons. The van der Waals surface area contributed by atoms with Gasteiger partial charge in [0.15, 0.2) is 11.5 Å². The van der Waals surface area contributed by atoms with Crippen molar-refractivity contribution >= 4 is 11.7 Å². The van der Waals surface area contributed by atoms with Gasteiger partial charge < -0.3 is 19.7 Å². The van der Waals surface area contributed by atoms with E-state index in [4.69, 9.17) is 9.47 Å². The van der Waals surface area contributed by atoms with Crippen LogP contribution in [-0.2, 0) is 13.0 Å². The molecular formula is C21H27N3O3. The highest BCUT2D eigenvalue weighted by atomic mass is 16.5. The van der Waals surface area contributed by atoms with Gasteiger partial charge in [-0.3, -0.25) is 4.79 Å².